The third-order valence-corrected chi connectivity index (χ3v) is 3.01. The zero-order valence-electron chi connectivity index (χ0n) is 11.5. The molecule has 2 heteroatoms. The number of allylic oxidation sites excluding steroid dienone is 6. The fraction of sp³-hybridized carbons (Fsp3) is 0.467. The van der Waals surface area contributed by atoms with Crippen molar-refractivity contribution in [2.45, 2.75) is 27.2 Å². The van der Waals surface area contributed by atoms with Crippen LogP contribution in [-0.2, 0) is 0 Å². The Hall–Kier alpha value is -1.44. The molecular formula is C15H24N2. The van der Waals surface area contributed by atoms with E-state index in [1.165, 1.54) is 16.8 Å². The van der Waals surface area contributed by atoms with Crippen molar-refractivity contribution < 1.29 is 0 Å². The lowest BCUT2D eigenvalue weighted by molar-refractivity contribution is 0.414. The van der Waals surface area contributed by atoms with Gasteiger partial charge in [0.15, 0.2) is 0 Å². The van der Waals surface area contributed by atoms with Gasteiger partial charge in [-0.3, -0.25) is 0 Å². The monoisotopic (exact) mass is 232 g/mol. The van der Waals surface area contributed by atoms with Crippen LogP contribution in [0.4, 0.5) is 0 Å². The van der Waals surface area contributed by atoms with Gasteiger partial charge in [-0.1, -0.05) is 29.9 Å². The van der Waals surface area contributed by atoms with Gasteiger partial charge in [-0.15, -0.1) is 0 Å². The van der Waals surface area contributed by atoms with Crippen molar-refractivity contribution in [3.63, 3.8) is 0 Å². The summed E-state index contributed by atoms with van der Waals surface area (Å²) in [5.41, 5.74) is 3.86. The van der Waals surface area contributed by atoms with Gasteiger partial charge in [0.1, 0.15) is 0 Å². The third kappa shape index (κ3) is 4.14. The highest BCUT2D eigenvalue weighted by Gasteiger charge is 2.05. The predicted molar refractivity (Wildman–Crippen MR) is 75.7 cm³/mol. The number of nitrogens with one attached hydrogen (secondary N) is 1. The molecule has 0 radical (unpaired) electrons. The maximum absolute atomic E-state index is 3.30. The minimum absolute atomic E-state index is 0.988. The Kier molecular flexibility index (Phi) is 5.61. The summed E-state index contributed by atoms with van der Waals surface area (Å²) in [7, 11) is 1.99. The SMILES string of the molecule is CCN(/C=C(\NC)C1=CC=C(C)C=CC1)CC. The third-order valence-electron chi connectivity index (χ3n) is 3.01. The highest BCUT2D eigenvalue weighted by molar-refractivity contribution is 5.39. The standard InChI is InChI=1S/C15H24N2/c1-5-17(6-2)12-15(16-4)14-9-7-8-13(3)10-11-14/h7-8,10-12,16H,5-6,9H2,1-4H3/b15-12-. The zero-order chi connectivity index (χ0) is 12.7. The lowest BCUT2D eigenvalue weighted by Crippen LogP contribution is -2.20. The van der Waals surface area contributed by atoms with Crippen molar-refractivity contribution in [3.8, 4) is 0 Å². The van der Waals surface area contributed by atoms with E-state index in [4.69, 9.17) is 0 Å². The highest BCUT2D eigenvalue weighted by Crippen LogP contribution is 2.17. The van der Waals surface area contributed by atoms with Crippen LogP contribution in [0.25, 0.3) is 0 Å². The van der Waals surface area contributed by atoms with E-state index in [0.717, 1.165) is 19.5 Å². The summed E-state index contributed by atoms with van der Waals surface area (Å²) in [6.45, 7) is 8.57. The summed E-state index contributed by atoms with van der Waals surface area (Å²) in [6, 6.07) is 0. The molecule has 0 aliphatic heterocycles. The van der Waals surface area contributed by atoms with E-state index in [1.807, 2.05) is 7.05 Å². The van der Waals surface area contributed by atoms with Crippen LogP contribution in [-0.4, -0.2) is 25.0 Å². The molecule has 0 saturated heterocycles. The molecule has 94 valence electrons. The van der Waals surface area contributed by atoms with E-state index in [0.29, 0.717) is 0 Å². The van der Waals surface area contributed by atoms with Crippen LogP contribution in [0.3, 0.4) is 0 Å². The van der Waals surface area contributed by atoms with Crippen LogP contribution in [0.1, 0.15) is 27.2 Å². The molecule has 0 unspecified atom stereocenters. The second kappa shape index (κ2) is 7.00. The predicted octanol–water partition coefficient (Wildman–Crippen LogP) is 3.22. The Morgan fingerprint density at radius 1 is 1.35 bits per heavy atom. The van der Waals surface area contributed by atoms with Gasteiger partial charge in [-0.05, 0) is 32.8 Å². The molecule has 17 heavy (non-hydrogen) atoms. The lowest BCUT2D eigenvalue weighted by atomic mass is 10.1. The first kappa shape index (κ1) is 13.6. The largest absolute Gasteiger partial charge is 0.387 e. The average Bonchev–Trinajstić information content (AvgIpc) is 2.56. The van der Waals surface area contributed by atoms with Crippen LogP contribution in [0.2, 0.25) is 0 Å². The van der Waals surface area contributed by atoms with Crippen molar-refractivity contribution in [2.24, 2.45) is 0 Å². The fourth-order valence-corrected chi connectivity index (χ4v) is 1.82. The number of nitrogens with zero attached hydrogens (tertiary/aromatic N) is 1. The summed E-state index contributed by atoms with van der Waals surface area (Å²) >= 11 is 0. The summed E-state index contributed by atoms with van der Waals surface area (Å²) in [6.07, 6.45) is 12.0. The van der Waals surface area contributed by atoms with Crippen molar-refractivity contribution in [3.05, 3.63) is 47.3 Å². The maximum atomic E-state index is 3.30. The maximum Gasteiger partial charge on any atom is 0.0534 e. The van der Waals surface area contributed by atoms with Crippen molar-refractivity contribution in [1.82, 2.24) is 10.2 Å². The molecule has 0 atom stereocenters. The molecule has 0 aromatic rings. The van der Waals surface area contributed by atoms with E-state index < -0.39 is 0 Å². The minimum Gasteiger partial charge on any atom is -0.387 e. The summed E-state index contributed by atoms with van der Waals surface area (Å²) in [5, 5.41) is 3.30. The number of hydrogen-bond acceptors (Lipinski definition) is 2. The molecule has 0 heterocycles. The highest BCUT2D eigenvalue weighted by atomic mass is 15.1. The first-order chi connectivity index (χ1) is 8.21. The van der Waals surface area contributed by atoms with Crippen molar-refractivity contribution in [2.75, 3.05) is 20.1 Å². The molecule has 1 aliphatic rings. The van der Waals surface area contributed by atoms with Gasteiger partial charge in [0.2, 0.25) is 0 Å². The molecular weight excluding hydrogens is 208 g/mol. The molecule has 0 aromatic carbocycles. The summed E-state index contributed by atoms with van der Waals surface area (Å²) < 4.78 is 0. The fourth-order valence-electron chi connectivity index (χ4n) is 1.82. The van der Waals surface area contributed by atoms with Crippen LogP contribution in [0.5, 0.6) is 0 Å². The van der Waals surface area contributed by atoms with Gasteiger partial charge in [-0.25, -0.2) is 0 Å². The topological polar surface area (TPSA) is 15.3 Å². The lowest BCUT2D eigenvalue weighted by Gasteiger charge is -2.19. The molecule has 0 aromatic heterocycles. The van der Waals surface area contributed by atoms with E-state index in [-0.39, 0.29) is 0 Å². The zero-order valence-corrected chi connectivity index (χ0v) is 11.5. The van der Waals surface area contributed by atoms with Crippen LogP contribution in [0.15, 0.2) is 47.3 Å². The van der Waals surface area contributed by atoms with E-state index in [9.17, 15) is 0 Å². The van der Waals surface area contributed by atoms with Gasteiger partial charge < -0.3 is 10.2 Å². The van der Waals surface area contributed by atoms with E-state index >= 15 is 0 Å². The van der Waals surface area contributed by atoms with Crippen LogP contribution < -0.4 is 5.32 Å². The van der Waals surface area contributed by atoms with Gasteiger partial charge in [0.05, 0.1) is 5.70 Å². The van der Waals surface area contributed by atoms with Crippen molar-refractivity contribution >= 4 is 0 Å². The quantitative estimate of drug-likeness (QED) is 0.783. The van der Waals surface area contributed by atoms with Gasteiger partial charge >= 0.3 is 0 Å². The molecule has 0 fully saturated rings. The van der Waals surface area contributed by atoms with Gasteiger partial charge in [-0.2, -0.15) is 0 Å². The first-order valence-electron chi connectivity index (χ1n) is 6.39. The Bertz CT molecular complexity index is 355. The Labute approximate surface area is 105 Å². The normalized spacial score (nSPS) is 16.1. The number of likely N-dealkylation sites (N-methyl/N-ethyl adjacent to an activating group) is 1. The molecule has 1 N–H and O–H groups in total. The molecule has 2 nitrogen and oxygen atoms in total. The smallest absolute Gasteiger partial charge is 0.0534 e. The number of rotatable bonds is 5. The summed E-state index contributed by atoms with van der Waals surface area (Å²) in [5.74, 6) is 0. The average molecular weight is 232 g/mol. The van der Waals surface area contributed by atoms with E-state index in [2.05, 4.69) is 61.5 Å². The Morgan fingerprint density at radius 2 is 2.06 bits per heavy atom. The number of hydrogen-bond donors (Lipinski definition) is 1. The first-order valence-corrected chi connectivity index (χ1v) is 6.39. The van der Waals surface area contributed by atoms with E-state index in [1.54, 1.807) is 0 Å². The molecule has 0 amide bonds. The second-order valence-corrected chi connectivity index (χ2v) is 4.22. The Morgan fingerprint density at radius 3 is 2.65 bits per heavy atom. The molecule has 0 spiro atoms. The molecule has 1 rings (SSSR count). The second-order valence-electron chi connectivity index (χ2n) is 4.22. The molecule has 0 bridgehead atoms. The van der Waals surface area contributed by atoms with Crippen LogP contribution >= 0.6 is 0 Å². The van der Waals surface area contributed by atoms with Crippen molar-refractivity contribution in [1.29, 1.82) is 0 Å². The van der Waals surface area contributed by atoms with Crippen LogP contribution in [0, 0.1) is 0 Å². The molecule has 1 aliphatic carbocycles. The van der Waals surface area contributed by atoms with Gasteiger partial charge in [0.25, 0.3) is 0 Å². The van der Waals surface area contributed by atoms with Gasteiger partial charge in [0, 0.05) is 26.3 Å². The minimum atomic E-state index is 0.988. The Balaban J connectivity index is 2.91. The summed E-state index contributed by atoms with van der Waals surface area (Å²) in [4.78, 5) is 2.30. The molecule has 0 saturated carbocycles.